The predicted molar refractivity (Wildman–Crippen MR) is 560 cm³/mol. The Hall–Kier alpha value is -13.9. The van der Waals surface area contributed by atoms with Gasteiger partial charge in [-0.15, -0.1) is 0 Å². The molecule has 0 aliphatic rings. The standard InChI is InChI=1S/C18H25N5O.C17H20ClN5.C17H23N5O.2C17H24N4.C15H21N5O2S/c1-11-10-19-17(23-18(4,5)6)22-16(11)21-15-9-7-8-14(12(15)2)20-13(3)24;1-10-9-20-16(23-17(2,3)4)22-15(10)21-13-6-5-12(18)14-11(13)7-8-19-14;1-11-10-18-16(22-17(3,4)5)21-15(11)20-14-8-6-7-13(9-14)19-12(2)23;1-11-7-12(2)9-14(8-11)19-15-13(3)10-18-16(20-15)21-17(4,5)6;1-11-8-7-9-14(13(11)3)19-15-12(2)10-18-16(20-15)21-17(4,5)6;1-10-9-17-14(20-15(2,3)4)19-13(10)18-11-6-5-7-12(8-11)23(16,21)22/h7-10H,1-6H3,(H,20,24)(H2,19,21,22,23);5-9,19H,1-4H3,(H2,20,21,22,23);6-10H,1-5H3,(H,19,23)(H2,18,20,21,22);2*7-10H,1-6H3,(H2,18,19,20,21);5-9H,1-4H3,(H2,16,21,22)(H2,17,18,19,20). The molecule has 34 heteroatoms. The number of amides is 2. The quantitative estimate of drug-likeness (QED) is 0.0318. The average Bonchev–Trinajstić information content (AvgIpc) is 1.69. The van der Waals surface area contributed by atoms with Crippen LogP contribution in [0.5, 0.6) is 0 Å². The Morgan fingerprint density at radius 3 is 1.00 bits per heavy atom. The minimum absolute atomic E-state index is 0.0437. The van der Waals surface area contributed by atoms with Crippen molar-refractivity contribution in [3.05, 3.63) is 231 Å². The van der Waals surface area contributed by atoms with Crippen LogP contribution in [0.4, 0.5) is 116 Å². The molecule has 718 valence electrons. The van der Waals surface area contributed by atoms with Crippen LogP contribution < -0.4 is 79.6 Å². The molecule has 32 nitrogen and oxygen atoms in total. The molecule has 135 heavy (non-hydrogen) atoms. The van der Waals surface area contributed by atoms with Crippen molar-refractivity contribution < 1.29 is 18.0 Å². The number of nitrogens with one attached hydrogen (secondary N) is 15. The van der Waals surface area contributed by atoms with Gasteiger partial charge in [0.15, 0.2) is 0 Å². The van der Waals surface area contributed by atoms with E-state index in [-0.39, 0.29) is 49.9 Å². The summed E-state index contributed by atoms with van der Waals surface area (Å²) in [7, 11) is -3.75. The van der Waals surface area contributed by atoms with Gasteiger partial charge in [0.1, 0.15) is 34.9 Å². The van der Waals surface area contributed by atoms with Crippen LogP contribution >= 0.6 is 11.6 Å². The van der Waals surface area contributed by atoms with Crippen molar-refractivity contribution >= 4 is 160 Å². The molecule has 0 saturated heterocycles. The number of hydrogen-bond acceptors (Lipinski definition) is 28. The second-order valence-corrected chi connectivity index (χ2v) is 41.3. The molecule has 0 saturated carbocycles. The monoisotopic (exact) mass is 1870 g/mol. The zero-order chi connectivity index (χ0) is 100. The number of primary sulfonamides is 1. The van der Waals surface area contributed by atoms with Gasteiger partial charge in [-0.3, -0.25) is 9.59 Å². The minimum Gasteiger partial charge on any atom is -0.360 e. The molecule has 0 unspecified atom stereocenters. The van der Waals surface area contributed by atoms with Crippen LogP contribution in [-0.2, 0) is 19.6 Å². The van der Waals surface area contributed by atoms with E-state index in [1.54, 1.807) is 30.7 Å². The number of carbonyl (C=O) groups is 2. The molecule has 0 fully saturated rings. The number of nitrogens with two attached hydrogens (primary N) is 1. The normalized spacial score (nSPS) is 11.4. The summed E-state index contributed by atoms with van der Waals surface area (Å²) in [5.74, 6) is 7.84. The molecular formula is C101H137ClN28O4S. The van der Waals surface area contributed by atoms with Crippen molar-refractivity contribution in [1.82, 2.24) is 64.8 Å². The Bertz CT molecular complexity index is 6360. The summed E-state index contributed by atoms with van der Waals surface area (Å²) < 4.78 is 22.9. The molecule has 13 aromatic rings. The highest BCUT2D eigenvalue weighted by atomic mass is 35.5. The summed E-state index contributed by atoms with van der Waals surface area (Å²) in [5, 5.41) is 52.0. The van der Waals surface area contributed by atoms with E-state index in [0.717, 1.165) is 119 Å². The largest absolute Gasteiger partial charge is 0.360 e. The molecule has 0 aliphatic heterocycles. The van der Waals surface area contributed by atoms with Crippen molar-refractivity contribution in [3.63, 3.8) is 0 Å². The first kappa shape index (κ1) is 106. The molecule has 13 rings (SSSR count). The second-order valence-electron chi connectivity index (χ2n) is 39.3. The zero-order valence-electron chi connectivity index (χ0n) is 84.0. The van der Waals surface area contributed by atoms with Crippen LogP contribution in [0.3, 0.4) is 0 Å². The van der Waals surface area contributed by atoms with Gasteiger partial charge >= 0.3 is 0 Å². The summed E-state index contributed by atoms with van der Waals surface area (Å²) in [6.07, 6.45) is 12.6. The predicted octanol–water partition coefficient (Wildman–Crippen LogP) is 23.7. The lowest BCUT2D eigenvalue weighted by Crippen LogP contribution is -2.27. The smallest absolute Gasteiger partial charge is 0.238 e. The topological polar surface area (TPSA) is 433 Å². The molecule has 0 bridgehead atoms. The van der Waals surface area contributed by atoms with Crippen molar-refractivity contribution in [2.24, 2.45) is 5.14 Å². The molecular weight excluding hydrogens is 1740 g/mol. The highest BCUT2D eigenvalue weighted by molar-refractivity contribution is 7.89. The molecule has 6 aromatic carbocycles. The van der Waals surface area contributed by atoms with Gasteiger partial charge in [-0.05, 0) is 314 Å². The summed E-state index contributed by atoms with van der Waals surface area (Å²) in [4.78, 5) is 78.8. The fraction of sp³-hybridized carbons (Fsp3) is 0.366. The first-order valence-corrected chi connectivity index (χ1v) is 46.3. The van der Waals surface area contributed by atoms with Gasteiger partial charge in [0.25, 0.3) is 0 Å². The van der Waals surface area contributed by atoms with E-state index >= 15 is 0 Å². The number of hydrogen-bond donors (Lipinski definition) is 16. The number of sulfonamides is 1. The number of carbonyl (C=O) groups excluding carboxylic acids is 2. The summed E-state index contributed by atoms with van der Waals surface area (Å²) in [6, 6.07) is 37.9. The number of fused-ring (bicyclic) bond motifs is 1. The minimum atomic E-state index is -3.75. The van der Waals surface area contributed by atoms with Gasteiger partial charge < -0.3 is 79.4 Å². The molecule has 0 spiro atoms. The first-order valence-electron chi connectivity index (χ1n) is 44.4. The van der Waals surface area contributed by atoms with Crippen LogP contribution in [0, 0.1) is 76.2 Å². The fourth-order valence-electron chi connectivity index (χ4n) is 12.5. The molecule has 0 aliphatic carbocycles. The maximum atomic E-state index is 11.4. The lowest BCUT2D eigenvalue weighted by Gasteiger charge is -2.21. The van der Waals surface area contributed by atoms with E-state index in [9.17, 15) is 18.0 Å². The van der Waals surface area contributed by atoms with E-state index < -0.39 is 10.0 Å². The van der Waals surface area contributed by atoms with Crippen LogP contribution in [0.25, 0.3) is 10.9 Å². The maximum absolute atomic E-state index is 11.4. The lowest BCUT2D eigenvalue weighted by atomic mass is 10.1. The van der Waals surface area contributed by atoms with E-state index in [4.69, 9.17) is 16.7 Å². The number of halogens is 1. The number of rotatable bonds is 21. The summed E-state index contributed by atoms with van der Waals surface area (Å²) >= 11 is 6.21. The van der Waals surface area contributed by atoms with E-state index in [0.29, 0.717) is 52.2 Å². The average molecular weight is 1870 g/mol. The SMILES string of the molecule is CC(=O)Nc1cccc(Nc2nc(NC(C)(C)C)ncc2C)c1.CC(=O)Nc1cccc(Nc2nc(NC(C)(C)C)ncc2C)c1C.Cc1cc(C)cc(Nc2nc(NC(C)(C)C)ncc2C)c1.Cc1cnc(NC(C)(C)C)nc1Nc1ccc(Cl)c2[nH]ccc12.Cc1cnc(NC(C)(C)C)nc1Nc1cccc(C)c1C.Cc1cnc(NC(C)(C)C)nc1Nc1cccc(S(N)(=O)=O)c1. The molecule has 17 N–H and O–H groups in total. The Kier molecular flexibility index (Phi) is 36.0. The Morgan fingerprint density at radius 1 is 0.326 bits per heavy atom. The molecule has 7 heterocycles. The fourth-order valence-corrected chi connectivity index (χ4v) is 13.2. The first-order chi connectivity index (χ1) is 62.7. The second kappa shape index (κ2) is 45.7. The van der Waals surface area contributed by atoms with E-state index in [1.807, 2.05) is 155 Å². The zero-order valence-corrected chi connectivity index (χ0v) is 85.5. The Labute approximate surface area is 801 Å². The van der Waals surface area contributed by atoms with Crippen LogP contribution in [0.15, 0.2) is 170 Å². The maximum Gasteiger partial charge on any atom is 0.238 e. The van der Waals surface area contributed by atoms with Crippen molar-refractivity contribution in [2.45, 2.75) is 253 Å². The number of H-pyrrole nitrogens is 1. The Balaban J connectivity index is 0.000000199. The van der Waals surface area contributed by atoms with Gasteiger partial charge in [-0.1, -0.05) is 48.0 Å². The lowest BCUT2D eigenvalue weighted by molar-refractivity contribution is -0.115. The van der Waals surface area contributed by atoms with Crippen LogP contribution in [0.2, 0.25) is 5.02 Å². The molecule has 7 aromatic heterocycles. The van der Waals surface area contributed by atoms with Crippen LogP contribution in [0.1, 0.15) is 200 Å². The number of anilines is 20. The number of aromatic nitrogens is 13. The van der Waals surface area contributed by atoms with Gasteiger partial charge in [-0.2, -0.15) is 29.9 Å². The molecule has 0 radical (unpaired) electrons. The van der Waals surface area contributed by atoms with Gasteiger partial charge in [0, 0.05) is 175 Å². The molecule has 2 amide bonds. The van der Waals surface area contributed by atoms with Gasteiger partial charge in [0.2, 0.25) is 57.5 Å². The van der Waals surface area contributed by atoms with E-state index in [1.165, 1.54) is 48.2 Å². The number of benzene rings is 6. The Morgan fingerprint density at radius 2 is 0.637 bits per heavy atom. The van der Waals surface area contributed by atoms with Gasteiger partial charge in [0.05, 0.1) is 15.4 Å². The number of aryl methyl sites for hydroxylation is 9. The van der Waals surface area contributed by atoms with Crippen LogP contribution in [-0.4, -0.2) is 118 Å². The summed E-state index contributed by atoms with van der Waals surface area (Å²) in [6.45, 7) is 62.3. The number of nitrogens with zero attached hydrogens (tertiary/aromatic N) is 12. The third kappa shape index (κ3) is 36.2. The van der Waals surface area contributed by atoms with Crippen molar-refractivity contribution in [3.8, 4) is 0 Å². The highest BCUT2D eigenvalue weighted by Gasteiger charge is 2.22. The highest BCUT2D eigenvalue weighted by Crippen LogP contribution is 2.35. The summed E-state index contributed by atoms with van der Waals surface area (Å²) in [5.41, 5.74) is 18.9. The third-order valence-electron chi connectivity index (χ3n) is 18.8. The number of aromatic amines is 1. The van der Waals surface area contributed by atoms with E-state index in [2.05, 4.69) is 307 Å². The van der Waals surface area contributed by atoms with Gasteiger partial charge in [-0.25, -0.2) is 43.5 Å². The third-order valence-corrected chi connectivity index (χ3v) is 20.0. The van der Waals surface area contributed by atoms with Crippen molar-refractivity contribution in [2.75, 3.05) is 74.4 Å². The van der Waals surface area contributed by atoms with Crippen molar-refractivity contribution in [1.29, 1.82) is 0 Å². The molecule has 0 atom stereocenters.